The molecule has 17 heavy (non-hydrogen) atoms. The summed E-state index contributed by atoms with van der Waals surface area (Å²) >= 11 is 0. The molecule has 4 heteroatoms. The van der Waals surface area contributed by atoms with Crippen molar-refractivity contribution in [3.63, 3.8) is 0 Å². The lowest BCUT2D eigenvalue weighted by Gasteiger charge is -2.29. The minimum atomic E-state index is -0.415. The standard InChI is InChI=1S/C13H28N2O2/c1-7-10-15(5,6)11-8-9-14-12(16)17-13(2,3)4/h7-11H2,1-6H3/p+1. The molecular formula is C13H29N2O2+. The maximum absolute atomic E-state index is 11.4. The first kappa shape index (κ1) is 16.2. The van der Waals surface area contributed by atoms with Crippen LogP contribution < -0.4 is 5.32 Å². The van der Waals surface area contributed by atoms with E-state index in [9.17, 15) is 4.79 Å². The Morgan fingerprint density at radius 3 is 2.29 bits per heavy atom. The van der Waals surface area contributed by atoms with Crippen molar-refractivity contribution in [3.05, 3.63) is 0 Å². The van der Waals surface area contributed by atoms with E-state index < -0.39 is 5.60 Å². The van der Waals surface area contributed by atoms with Crippen LogP contribution >= 0.6 is 0 Å². The quantitative estimate of drug-likeness (QED) is 0.576. The van der Waals surface area contributed by atoms with Crippen LogP contribution in [0.3, 0.4) is 0 Å². The lowest BCUT2D eigenvalue weighted by atomic mass is 10.2. The van der Waals surface area contributed by atoms with E-state index in [-0.39, 0.29) is 6.09 Å². The van der Waals surface area contributed by atoms with E-state index in [0.717, 1.165) is 17.4 Å². The highest BCUT2D eigenvalue weighted by Crippen LogP contribution is 2.06. The largest absolute Gasteiger partial charge is 0.444 e. The van der Waals surface area contributed by atoms with Crippen molar-refractivity contribution in [3.8, 4) is 0 Å². The van der Waals surface area contributed by atoms with E-state index in [1.54, 1.807) is 0 Å². The van der Waals surface area contributed by atoms with E-state index in [1.165, 1.54) is 13.0 Å². The average Bonchev–Trinajstić information content (AvgIpc) is 2.09. The van der Waals surface area contributed by atoms with Gasteiger partial charge in [-0.3, -0.25) is 0 Å². The number of carbonyl (C=O) groups is 1. The van der Waals surface area contributed by atoms with Crippen LogP contribution in [0.5, 0.6) is 0 Å². The smallest absolute Gasteiger partial charge is 0.407 e. The summed E-state index contributed by atoms with van der Waals surface area (Å²) in [6.45, 7) is 10.7. The van der Waals surface area contributed by atoms with E-state index in [2.05, 4.69) is 26.3 Å². The Kier molecular flexibility index (Phi) is 6.53. The van der Waals surface area contributed by atoms with Crippen LogP contribution in [-0.4, -0.2) is 49.9 Å². The lowest BCUT2D eigenvalue weighted by Crippen LogP contribution is -2.42. The first-order valence-electron chi connectivity index (χ1n) is 6.45. The third-order valence-electron chi connectivity index (χ3n) is 2.44. The predicted octanol–water partition coefficient (Wildman–Crippen LogP) is 2.39. The Labute approximate surface area is 106 Å². The van der Waals surface area contributed by atoms with Gasteiger partial charge in [0.05, 0.1) is 27.2 Å². The van der Waals surface area contributed by atoms with Crippen molar-refractivity contribution >= 4 is 6.09 Å². The lowest BCUT2D eigenvalue weighted by molar-refractivity contribution is -0.890. The van der Waals surface area contributed by atoms with Crippen LogP contribution in [0, 0.1) is 0 Å². The normalized spacial score (nSPS) is 12.4. The van der Waals surface area contributed by atoms with Gasteiger partial charge in [0.25, 0.3) is 0 Å². The van der Waals surface area contributed by atoms with Crippen LogP contribution in [0.2, 0.25) is 0 Å². The molecule has 0 heterocycles. The molecule has 0 atom stereocenters. The number of hydrogen-bond acceptors (Lipinski definition) is 2. The third-order valence-corrected chi connectivity index (χ3v) is 2.44. The molecule has 1 N–H and O–H groups in total. The van der Waals surface area contributed by atoms with E-state index in [0.29, 0.717) is 6.54 Å². The maximum atomic E-state index is 11.4. The molecule has 0 saturated carbocycles. The van der Waals surface area contributed by atoms with Crippen LogP contribution in [0.15, 0.2) is 0 Å². The second-order valence-electron chi connectivity index (χ2n) is 6.17. The van der Waals surface area contributed by atoms with Crippen molar-refractivity contribution in [2.45, 2.75) is 46.1 Å². The molecule has 102 valence electrons. The summed E-state index contributed by atoms with van der Waals surface area (Å²) in [5, 5.41) is 2.78. The Hall–Kier alpha value is -0.770. The molecule has 0 aromatic rings. The highest BCUT2D eigenvalue weighted by Gasteiger charge is 2.16. The van der Waals surface area contributed by atoms with E-state index in [4.69, 9.17) is 4.74 Å². The maximum Gasteiger partial charge on any atom is 0.407 e. The summed E-state index contributed by atoms with van der Waals surface area (Å²) in [7, 11) is 4.44. The second-order valence-corrected chi connectivity index (χ2v) is 6.17. The zero-order valence-electron chi connectivity index (χ0n) is 12.3. The SMILES string of the molecule is CCC[N+](C)(C)CCCNC(=O)OC(C)(C)C. The zero-order chi connectivity index (χ0) is 13.5. The molecule has 0 aliphatic carbocycles. The number of ether oxygens (including phenoxy) is 1. The van der Waals surface area contributed by atoms with Gasteiger partial charge in [-0.15, -0.1) is 0 Å². The minimum Gasteiger partial charge on any atom is -0.444 e. The van der Waals surface area contributed by atoms with Gasteiger partial charge in [-0.1, -0.05) is 6.92 Å². The number of nitrogens with zero attached hydrogens (tertiary/aromatic N) is 1. The van der Waals surface area contributed by atoms with Crippen LogP contribution in [0.4, 0.5) is 4.79 Å². The van der Waals surface area contributed by atoms with Crippen molar-refractivity contribution in [2.24, 2.45) is 0 Å². The summed E-state index contributed by atoms with van der Waals surface area (Å²) in [5.41, 5.74) is -0.415. The molecule has 4 nitrogen and oxygen atoms in total. The predicted molar refractivity (Wildman–Crippen MR) is 71.0 cm³/mol. The fourth-order valence-corrected chi connectivity index (χ4v) is 1.73. The molecule has 0 aromatic heterocycles. The number of nitrogens with one attached hydrogen (secondary N) is 1. The number of hydrogen-bond donors (Lipinski definition) is 1. The van der Waals surface area contributed by atoms with Crippen LogP contribution in [-0.2, 0) is 4.74 Å². The second kappa shape index (κ2) is 6.84. The van der Waals surface area contributed by atoms with Crippen molar-refractivity contribution in [2.75, 3.05) is 33.7 Å². The van der Waals surface area contributed by atoms with Gasteiger partial charge in [-0.25, -0.2) is 4.79 Å². The van der Waals surface area contributed by atoms with Gasteiger partial charge >= 0.3 is 6.09 Å². The minimum absolute atomic E-state index is 0.321. The van der Waals surface area contributed by atoms with Crippen molar-refractivity contribution in [1.29, 1.82) is 0 Å². The molecule has 0 unspecified atom stereocenters. The molecule has 0 spiro atoms. The first-order chi connectivity index (χ1) is 7.66. The first-order valence-corrected chi connectivity index (χ1v) is 6.45. The molecule has 0 aliphatic rings. The molecule has 0 aromatic carbocycles. The number of rotatable bonds is 6. The number of carbonyl (C=O) groups excluding carboxylic acids is 1. The van der Waals surface area contributed by atoms with E-state index >= 15 is 0 Å². The Morgan fingerprint density at radius 1 is 1.24 bits per heavy atom. The van der Waals surface area contributed by atoms with Gasteiger partial charge in [0, 0.05) is 13.0 Å². The van der Waals surface area contributed by atoms with Crippen LogP contribution in [0.25, 0.3) is 0 Å². The highest BCUT2D eigenvalue weighted by molar-refractivity contribution is 5.67. The molecular weight excluding hydrogens is 216 g/mol. The van der Waals surface area contributed by atoms with Gasteiger partial charge < -0.3 is 14.5 Å². The van der Waals surface area contributed by atoms with Crippen molar-refractivity contribution in [1.82, 2.24) is 5.32 Å². The molecule has 0 radical (unpaired) electrons. The monoisotopic (exact) mass is 245 g/mol. The zero-order valence-corrected chi connectivity index (χ0v) is 12.3. The summed E-state index contributed by atoms with van der Waals surface area (Å²) in [4.78, 5) is 11.4. The average molecular weight is 245 g/mol. The van der Waals surface area contributed by atoms with Gasteiger partial charge in [0.1, 0.15) is 5.60 Å². The molecule has 0 aliphatic heterocycles. The Balaban J connectivity index is 3.68. The molecule has 1 amide bonds. The summed E-state index contributed by atoms with van der Waals surface area (Å²) < 4.78 is 6.17. The highest BCUT2D eigenvalue weighted by atomic mass is 16.6. The number of alkyl carbamates (subject to hydrolysis) is 1. The molecule has 0 saturated heterocycles. The van der Waals surface area contributed by atoms with Crippen LogP contribution in [0.1, 0.15) is 40.5 Å². The summed E-state index contributed by atoms with van der Waals surface area (Å²) in [6.07, 6.45) is 1.84. The fourth-order valence-electron chi connectivity index (χ4n) is 1.73. The summed E-state index contributed by atoms with van der Waals surface area (Å²) in [6, 6.07) is 0. The van der Waals surface area contributed by atoms with Gasteiger partial charge in [-0.05, 0) is 27.2 Å². The number of amides is 1. The number of quaternary nitrogens is 1. The van der Waals surface area contributed by atoms with E-state index in [1.807, 2.05) is 20.8 Å². The van der Waals surface area contributed by atoms with Gasteiger partial charge in [0.15, 0.2) is 0 Å². The van der Waals surface area contributed by atoms with Gasteiger partial charge in [-0.2, -0.15) is 0 Å². The van der Waals surface area contributed by atoms with Gasteiger partial charge in [0.2, 0.25) is 0 Å². The Morgan fingerprint density at radius 2 is 1.82 bits per heavy atom. The Bertz CT molecular complexity index is 232. The van der Waals surface area contributed by atoms with Crippen molar-refractivity contribution < 1.29 is 14.0 Å². The molecule has 0 rings (SSSR count). The molecule has 0 bridgehead atoms. The molecule has 0 fully saturated rings. The third kappa shape index (κ3) is 10.1. The topological polar surface area (TPSA) is 38.3 Å². The fraction of sp³-hybridized carbons (Fsp3) is 0.923. The summed E-state index contributed by atoms with van der Waals surface area (Å²) in [5.74, 6) is 0.